The van der Waals surface area contributed by atoms with Crippen molar-refractivity contribution in [2.24, 2.45) is 0 Å². The summed E-state index contributed by atoms with van der Waals surface area (Å²) in [5.41, 5.74) is 0.438. The third-order valence-electron chi connectivity index (χ3n) is 2.50. The van der Waals surface area contributed by atoms with Crippen LogP contribution in [0, 0.1) is 11.3 Å². The van der Waals surface area contributed by atoms with Gasteiger partial charge in [-0.2, -0.15) is 5.26 Å². The van der Waals surface area contributed by atoms with E-state index in [2.05, 4.69) is 4.74 Å². The molecule has 1 rings (SSSR count). The Labute approximate surface area is 110 Å². The van der Waals surface area contributed by atoms with Crippen LogP contribution in [0.3, 0.4) is 0 Å². The quantitative estimate of drug-likeness (QED) is 0.753. The first-order valence-corrected chi connectivity index (χ1v) is 5.66. The predicted molar refractivity (Wildman–Crippen MR) is 65.3 cm³/mol. The summed E-state index contributed by atoms with van der Waals surface area (Å²) in [5, 5.41) is 28.5. The van der Waals surface area contributed by atoms with Gasteiger partial charge in [0.2, 0.25) is 0 Å². The maximum absolute atomic E-state index is 11.4. The SMILES string of the molecule is CCOC(=O)C(O)C(O)c1cc(C#N)ccc1OC. The lowest BCUT2D eigenvalue weighted by Gasteiger charge is -2.19. The van der Waals surface area contributed by atoms with E-state index in [1.807, 2.05) is 6.07 Å². The van der Waals surface area contributed by atoms with E-state index in [0.717, 1.165) is 0 Å². The molecule has 6 nitrogen and oxygen atoms in total. The summed E-state index contributed by atoms with van der Waals surface area (Å²) in [6.07, 6.45) is -3.26. The van der Waals surface area contributed by atoms with E-state index in [1.54, 1.807) is 6.92 Å². The molecule has 2 atom stereocenters. The molecule has 0 aliphatic rings. The molecule has 0 heterocycles. The van der Waals surface area contributed by atoms with Gasteiger partial charge in [-0.15, -0.1) is 0 Å². The van der Waals surface area contributed by atoms with Gasteiger partial charge in [-0.05, 0) is 25.1 Å². The van der Waals surface area contributed by atoms with E-state index in [4.69, 9.17) is 10.00 Å². The Morgan fingerprint density at radius 2 is 2.16 bits per heavy atom. The van der Waals surface area contributed by atoms with Gasteiger partial charge in [-0.1, -0.05) is 0 Å². The second-order valence-electron chi connectivity index (χ2n) is 3.71. The summed E-state index contributed by atoms with van der Waals surface area (Å²) in [5.74, 6) is -0.658. The molecule has 0 amide bonds. The summed E-state index contributed by atoms with van der Waals surface area (Å²) < 4.78 is 9.64. The van der Waals surface area contributed by atoms with Crippen LogP contribution in [-0.2, 0) is 9.53 Å². The van der Waals surface area contributed by atoms with Crippen LogP contribution < -0.4 is 4.74 Å². The lowest BCUT2D eigenvalue weighted by atomic mass is 10.0. The van der Waals surface area contributed by atoms with Crippen molar-refractivity contribution < 1.29 is 24.5 Å². The molecule has 102 valence electrons. The van der Waals surface area contributed by atoms with Crippen molar-refractivity contribution in [2.45, 2.75) is 19.1 Å². The monoisotopic (exact) mass is 265 g/mol. The Balaban J connectivity index is 3.07. The van der Waals surface area contributed by atoms with Crippen LogP contribution in [0.25, 0.3) is 0 Å². The molecule has 0 bridgehead atoms. The molecule has 1 aromatic carbocycles. The molecule has 1 aromatic rings. The minimum atomic E-state index is -1.73. The van der Waals surface area contributed by atoms with Crippen molar-refractivity contribution in [2.75, 3.05) is 13.7 Å². The second-order valence-corrected chi connectivity index (χ2v) is 3.71. The van der Waals surface area contributed by atoms with Crippen molar-refractivity contribution in [1.82, 2.24) is 0 Å². The highest BCUT2D eigenvalue weighted by Crippen LogP contribution is 2.28. The van der Waals surface area contributed by atoms with E-state index < -0.39 is 18.2 Å². The molecule has 0 radical (unpaired) electrons. The number of hydrogen-bond donors (Lipinski definition) is 2. The topological polar surface area (TPSA) is 99.8 Å². The average Bonchev–Trinajstić information content (AvgIpc) is 2.45. The third kappa shape index (κ3) is 3.44. The number of carbonyl (C=O) groups excluding carboxylic acids is 1. The molecule has 0 aromatic heterocycles. The first kappa shape index (κ1) is 15.0. The lowest BCUT2D eigenvalue weighted by molar-refractivity contribution is -0.159. The Kier molecular flexibility index (Phi) is 5.30. The Hall–Kier alpha value is -2.10. The van der Waals surface area contributed by atoms with Gasteiger partial charge in [0.1, 0.15) is 11.9 Å². The van der Waals surface area contributed by atoms with Crippen LogP contribution in [-0.4, -0.2) is 36.0 Å². The van der Waals surface area contributed by atoms with Crippen LogP contribution in [0.2, 0.25) is 0 Å². The first-order valence-electron chi connectivity index (χ1n) is 5.66. The van der Waals surface area contributed by atoms with E-state index in [0.29, 0.717) is 0 Å². The standard InChI is InChI=1S/C13H15NO5/c1-3-19-13(17)12(16)11(15)9-6-8(7-14)4-5-10(9)18-2/h4-6,11-12,15-16H,3H2,1-2H3. The smallest absolute Gasteiger partial charge is 0.338 e. The summed E-state index contributed by atoms with van der Waals surface area (Å²) >= 11 is 0. The number of rotatable bonds is 5. The number of carbonyl (C=O) groups is 1. The van der Waals surface area contributed by atoms with E-state index >= 15 is 0 Å². The minimum absolute atomic E-state index is 0.0952. The van der Waals surface area contributed by atoms with E-state index in [9.17, 15) is 15.0 Å². The third-order valence-corrected chi connectivity index (χ3v) is 2.50. The zero-order valence-corrected chi connectivity index (χ0v) is 10.7. The molecular weight excluding hydrogens is 250 g/mol. The van der Waals surface area contributed by atoms with Crippen LogP contribution in [0.5, 0.6) is 5.75 Å². The van der Waals surface area contributed by atoms with Gasteiger partial charge in [0.15, 0.2) is 6.10 Å². The normalized spacial score (nSPS) is 13.2. The summed E-state index contributed by atoms with van der Waals surface area (Å²) in [6.45, 7) is 1.69. The zero-order chi connectivity index (χ0) is 14.4. The van der Waals surface area contributed by atoms with Crippen molar-refractivity contribution >= 4 is 5.97 Å². The highest BCUT2D eigenvalue weighted by atomic mass is 16.5. The second kappa shape index (κ2) is 6.73. The van der Waals surface area contributed by atoms with Crippen molar-refractivity contribution in [3.05, 3.63) is 29.3 Å². The molecule has 0 aliphatic carbocycles. The maximum atomic E-state index is 11.4. The predicted octanol–water partition coefficient (Wildman–Crippen LogP) is 0.524. The molecule has 0 spiro atoms. The first-order chi connectivity index (χ1) is 9.04. The number of hydrogen-bond acceptors (Lipinski definition) is 6. The number of ether oxygens (including phenoxy) is 2. The molecule has 0 saturated carbocycles. The molecule has 2 N–H and O–H groups in total. The molecule has 19 heavy (non-hydrogen) atoms. The van der Waals surface area contributed by atoms with Gasteiger partial charge < -0.3 is 19.7 Å². The van der Waals surface area contributed by atoms with Crippen LogP contribution in [0.1, 0.15) is 24.2 Å². The van der Waals surface area contributed by atoms with Gasteiger partial charge in [0, 0.05) is 5.56 Å². The fraction of sp³-hybridized carbons (Fsp3) is 0.385. The summed E-state index contributed by atoms with van der Waals surface area (Å²) in [4.78, 5) is 11.4. The Bertz CT molecular complexity index is 494. The Morgan fingerprint density at radius 1 is 1.47 bits per heavy atom. The summed E-state index contributed by atoms with van der Waals surface area (Å²) in [6, 6.07) is 6.24. The van der Waals surface area contributed by atoms with Gasteiger partial charge in [0.05, 0.1) is 25.3 Å². The van der Waals surface area contributed by atoms with Crippen LogP contribution in [0.4, 0.5) is 0 Å². The number of methoxy groups -OCH3 is 1. The zero-order valence-electron chi connectivity index (χ0n) is 10.7. The minimum Gasteiger partial charge on any atom is -0.496 e. The largest absolute Gasteiger partial charge is 0.496 e. The summed E-state index contributed by atoms with van der Waals surface area (Å²) in [7, 11) is 1.38. The van der Waals surface area contributed by atoms with Crippen LogP contribution >= 0.6 is 0 Å². The van der Waals surface area contributed by atoms with E-state index in [1.165, 1.54) is 25.3 Å². The molecule has 6 heteroatoms. The van der Waals surface area contributed by atoms with Gasteiger partial charge in [-0.25, -0.2) is 4.79 Å². The molecule has 0 fully saturated rings. The maximum Gasteiger partial charge on any atom is 0.338 e. The number of esters is 1. The molecular formula is C13H15NO5. The highest BCUT2D eigenvalue weighted by molar-refractivity contribution is 5.75. The van der Waals surface area contributed by atoms with Crippen molar-refractivity contribution in [3.63, 3.8) is 0 Å². The highest BCUT2D eigenvalue weighted by Gasteiger charge is 2.29. The van der Waals surface area contributed by atoms with Crippen molar-refractivity contribution in [1.29, 1.82) is 5.26 Å². The fourth-order valence-corrected chi connectivity index (χ4v) is 1.56. The number of nitrogens with zero attached hydrogens (tertiary/aromatic N) is 1. The van der Waals surface area contributed by atoms with Crippen LogP contribution in [0.15, 0.2) is 18.2 Å². The van der Waals surface area contributed by atoms with Gasteiger partial charge in [0.25, 0.3) is 0 Å². The molecule has 0 aliphatic heterocycles. The van der Waals surface area contributed by atoms with Gasteiger partial charge >= 0.3 is 5.97 Å². The fourth-order valence-electron chi connectivity index (χ4n) is 1.56. The average molecular weight is 265 g/mol. The Morgan fingerprint density at radius 3 is 2.68 bits per heavy atom. The lowest BCUT2D eigenvalue weighted by Crippen LogP contribution is -2.30. The van der Waals surface area contributed by atoms with Gasteiger partial charge in [-0.3, -0.25) is 0 Å². The number of benzene rings is 1. The number of nitriles is 1. The molecule has 2 unspecified atom stereocenters. The van der Waals surface area contributed by atoms with E-state index in [-0.39, 0.29) is 23.5 Å². The number of aliphatic hydroxyl groups excluding tert-OH is 2. The van der Waals surface area contributed by atoms with Crippen molar-refractivity contribution in [3.8, 4) is 11.8 Å². The number of aliphatic hydroxyl groups is 2. The molecule has 0 saturated heterocycles.